The lowest BCUT2D eigenvalue weighted by Crippen LogP contribution is -2.22. The second-order valence-corrected chi connectivity index (χ2v) is 6.51. The number of ether oxygens (including phenoxy) is 2. The monoisotopic (exact) mass is 380 g/mol. The Balaban J connectivity index is 1.99. The zero-order chi connectivity index (χ0) is 18.4. The molecule has 2 aromatic rings. The van der Waals surface area contributed by atoms with Crippen molar-refractivity contribution in [2.75, 3.05) is 25.3 Å². The second kappa shape index (κ2) is 8.54. The minimum absolute atomic E-state index is 0.207. The molecule has 0 radical (unpaired) electrons. The van der Waals surface area contributed by atoms with E-state index in [1.807, 2.05) is 6.26 Å². The molecule has 1 aromatic carbocycles. The van der Waals surface area contributed by atoms with Crippen LogP contribution in [0.4, 0.5) is 5.00 Å². The summed E-state index contributed by atoms with van der Waals surface area (Å²) in [5.74, 6) is -1.53. The zero-order valence-corrected chi connectivity index (χ0v) is 15.2. The first-order valence-corrected chi connectivity index (χ1v) is 9.13. The number of benzene rings is 1. The van der Waals surface area contributed by atoms with Gasteiger partial charge in [-0.25, -0.2) is 4.79 Å². The fourth-order valence-corrected chi connectivity index (χ4v) is 3.18. The molecule has 0 aliphatic rings. The summed E-state index contributed by atoms with van der Waals surface area (Å²) in [6.07, 6.45) is 1.90. The summed E-state index contributed by atoms with van der Waals surface area (Å²) in [5.41, 5.74) is 5.64. The summed E-state index contributed by atoms with van der Waals surface area (Å²) in [7, 11) is 1.45. The number of primary amides is 1. The number of thioether (sulfide) groups is 1. The number of hydrogen-bond acceptors (Lipinski definition) is 7. The van der Waals surface area contributed by atoms with Gasteiger partial charge >= 0.3 is 5.97 Å². The molecule has 7 nitrogen and oxygen atoms in total. The predicted octanol–water partition coefficient (Wildman–Crippen LogP) is 2.37. The number of thiophene rings is 1. The third kappa shape index (κ3) is 4.74. The molecule has 0 bridgehead atoms. The number of methoxy groups -OCH3 is 1. The van der Waals surface area contributed by atoms with Gasteiger partial charge in [-0.05, 0) is 35.9 Å². The van der Waals surface area contributed by atoms with E-state index in [1.54, 1.807) is 23.6 Å². The van der Waals surface area contributed by atoms with Crippen LogP contribution in [0, 0.1) is 0 Å². The average Bonchev–Trinajstić information content (AvgIpc) is 3.07. The van der Waals surface area contributed by atoms with Crippen molar-refractivity contribution in [3.05, 3.63) is 40.8 Å². The summed E-state index contributed by atoms with van der Waals surface area (Å²) >= 11 is 2.66. The molecule has 1 heterocycles. The highest BCUT2D eigenvalue weighted by atomic mass is 32.2. The normalized spacial score (nSPS) is 10.2. The first kappa shape index (κ1) is 18.8. The van der Waals surface area contributed by atoms with Crippen LogP contribution in [0.2, 0.25) is 0 Å². The fourth-order valence-electron chi connectivity index (χ4n) is 1.94. The zero-order valence-electron chi connectivity index (χ0n) is 13.5. The van der Waals surface area contributed by atoms with Crippen molar-refractivity contribution in [3.63, 3.8) is 0 Å². The quantitative estimate of drug-likeness (QED) is 0.564. The van der Waals surface area contributed by atoms with Gasteiger partial charge in [0.2, 0.25) is 0 Å². The summed E-state index contributed by atoms with van der Waals surface area (Å²) in [4.78, 5) is 36.2. The standard InChI is InChI=1S/C16H16N2O5S2/c1-22-12-7-9(24-2)3-4-10(12)16(21)23-8-13(19)18-15-11(14(17)20)5-6-25-15/h3-7H,8H2,1-2H3,(H2,17,20)(H,18,19). The SMILES string of the molecule is COc1cc(SC)ccc1C(=O)OCC(=O)Nc1sccc1C(N)=O. The van der Waals surface area contributed by atoms with Crippen LogP contribution in [-0.2, 0) is 9.53 Å². The van der Waals surface area contributed by atoms with Crippen LogP contribution in [0.25, 0.3) is 0 Å². The Kier molecular flexibility index (Phi) is 6.43. The third-order valence-electron chi connectivity index (χ3n) is 3.15. The molecule has 9 heteroatoms. The van der Waals surface area contributed by atoms with E-state index < -0.39 is 24.4 Å². The van der Waals surface area contributed by atoms with Crippen molar-refractivity contribution in [2.45, 2.75) is 4.90 Å². The van der Waals surface area contributed by atoms with Gasteiger partial charge in [0.05, 0.1) is 12.7 Å². The van der Waals surface area contributed by atoms with E-state index in [0.29, 0.717) is 10.8 Å². The maximum atomic E-state index is 12.1. The highest BCUT2D eigenvalue weighted by molar-refractivity contribution is 7.98. The molecule has 0 fully saturated rings. The van der Waals surface area contributed by atoms with Gasteiger partial charge in [-0.2, -0.15) is 0 Å². The summed E-state index contributed by atoms with van der Waals surface area (Å²) in [6, 6.07) is 6.56. The van der Waals surface area contributed by atoms with Crippen molar-refractivity contribution in [1.29, 1.82) is 0 Å². The lowest BCUT2D eigenvalue weighted by atomic mass is 10.2. The van der Waals surface area contributed by atoms with Crippen molar-refractivity contribution in [2.24, 2.45) is 5.73 Å². The maximum Gasteiger partial charge on any atom is 0.342 e. The van der Waals surface area contributed by atoms with E-state index in [-0.39, 0.29) is 11.1 Å². The van der Waals surface area contributed by atoms with E-state index in [0.717, 1.165) is 16.2 Å². The molecular formula is C16H16N2O5S2. The summed E-state index contributed by atoms with van der Waals surface area (Å²) in [6.45, 7) is -0.498. The van der Waals surface area contributed by atoms with E-state index >= 15 is 0 Å². The number of carbonyl (C=O) groups is 3. The third-order valence-corrected chi connectivity index (χ3v) is 4.70. The summed E-state index contributed by atoms with van der Waals surface area (Å²) < 4.78 is 10.2. The van der Waals surface area contributed by atoms with Gasteiger partial charge in [0, 0.05) is 4.90 Å². The number of rotatable bonds is 7. The van der Waals surface area contributed by atoms with Gasteiger partial charge in [0.25, 0.3) is 11.8 Å². The number of esters is 1. The molecule has 0 unspecified atom stereocenters. The van der Waals surface area contributed by atoms with Crippen molar-refractivity contribution < 1.29 is 23.9 Å². The number of amides is 2. The van der Waals surface area contributed by atoms with Gasteiger partial charge in [0.15, 0.2) is 6.61 Å². The Labute approximate surface area is 152 Å². The molecule has 0 atom stereocenters. The van der Waals surface area contributed by atoms with Crippen molar-refractivity contribution in [3.8, 4) is 5.75 Å². The van der Waals surface area contributed by atoms with Crippen LogP contribution in [0.1, 0.15) is 20.7 Å². The van der Waals surface area contributed by atoms with E-state index in [1.165, 1.54) is 24.9 Å². The molecule has 0 saturated heterocycles. The number of anilines is 1. The fraction of sp³-hybridized carbons (Fsp3) is 0.188. The Morgan fingerprint density at radius 3 is 2.64 bits per heavy atom. The number of hydrogen-bond donors (Lipinski definition) is 2. The Morgan fingerprint density at radius 2 is 2.00 bits per heavy atom. The molecule has 1 aromatic heterocycles. The van der Waals surface area contributed by atoms with Gasteiger partial charge in [-0.1, -0.05) is 0 Å². The minimum Gasteiger partial charge on any atom is -0.496 e. The lowest BCUT2D eigenvalue weighted by Gasteiger charge is -2.10. The molecule has 0 aliphatic heterocycles. The van der Waals surface area contributed by atoms with Crippen LogP contribution in [0.15, 0.2) is 34.5 Å². The molecule has 132 valence electrons. The molecule has 0 spiro atoms. The second-order valence-electron chi connectivity index (χ2n) is 4.72. The maximum absolute atomic E-state index is 12.1. The van der Waals surface area contributed by atoms with E-state index in [2.05, 4.69) is 5.32 Å². The van der Waals surface area contributed by atoms with Crippen LogP contribution >= 0.6 is 23.1 Å². The molecule has 0 saturated carbocycles. The van der Waals surface area contributed by atoms with Crippen LogP contribution < -0.4 is 15.8 Å². The minimum atomic E-state index is -0.680. The number of carbonyl (C=O) groups excluding carboxylic acids is 3. The number of nitrogens with two attached hydrogens (primary N) is 1. The largest absolute Gasteiger partial charge is 0.496 e. The molecule has 3 N–H and O–H groups in total. The van der Waals surface area contributed by atoms with Crippen LogP contribution in [0.3, 0.4) is 0 Å². The Bertz CT molecular complexity index is 804. The van der Waals surface area contributed by atoms with Gasteiger partial charge in [-0.3, -0.25) is 9.59 Å². The summed E-state index contributed by atoms with van der Waals surface area (Å²) in [5, 5.41) is 4.43. The first-order valence-electron chi connectivity index (χ1n) is 7.02. The molecular weight excluding hydrogens is 364 g/mol. The first-order chi connectivity index (χ1) is 12.0. The van der Waals surface area contributed by atoms with Crippen molar-refractivity contribution in [1.82, 2.24) is 0 Å². The van der Waals surface area contributed by atoms with E-state index in [9.17, 15) is 14.4 Å². The van der Waals surface area contributed by atoms with E-state index in [4.69, 9.17) is 15.2 Å². The number of nitrogens with one attached hydrogen (secondary N) is 1. The molecule has 0 aliphatic carbocycles. The smallest absolute Gasteiger partial charge is 0.342 e. The topological polar surface area (TPSA) is 108 Å². The van der Waals surface area contributed by atoms with Crippen LogP contribution in [-0.4, -0.2) is 37.8 Å². The highest BCUT2D eigenvalue weighted by Crippen LogP contribution is 2.26. The Morgan fingerprint density at radius 1 is 1.24 bits per heavy atom. The van der Waals surface area contributed by atoms with Gasteiger partial charge < -0.3 is 20.5 Å². The van der Waals surface area contributed by atoms with Crippen LogP contribution in [0.5, 0.6) is 5.75 Å². The van der Waals surface area contributed by atoms with Gasteiger partial charge in [-0.15, -0.1) is 23.1 Å². The molecule has 25 heavy (non-hydrogen) atoms. The Hall–Kier alpha value is -2.52. The molecule has 2 amide bonds. The highest BCUT2D eigenvalue weighted by Gasteiger charge is 2.17. The van der Waals surface area contributed by atoms with Gasteiger partial charge in [0.1, 0.15) is 16.3 Å². The molecule has 2 rings (SSSR count). The lowest BCUT2D eigenvalue weighted by molar-refractivity contribution is -0.119. The van der Waals surface area contributed by atoms with Crippen molar-refractivity contribution >= 4 is 45.9 Å². The average molecular weight is 380 g/mol. The predicted molar refractivity (Wildman–Crippen MR) is 96.5 cm³/mol.